The summed E-state index contributed by atoms with van der Waals surface area (Å²) in [7, 11) is 0. The number of amides is 1. The minimum atomic E-state index is -0.812. The van der Waals surface area contributed by atoms with Gasteiger partial charge in [0.1, 0.15) is 23.0 Å². The van der Waals surface area contributed by atoms with Gasteiger partial charge in [0.25, 0.3) is 11.7 Å². The number of carbonyl (C=O) groups excluding carboxylic acids is 2. The Bertz CT molecular complexity index is 1590. The van der Waals surface area contributed by atoms with Gasteiger partial charge in [-0.1, -0.05) is 48.0 Å². The van der Waals surface area contributed by atoms with E-state index in [1.54, 1.807) is 42.5 Å². The first-order valence-corrected chi connectivity index (χ1v) is 13.2. The first-order valence-electron chi connectivity index (χ1n) is 13.2. The van der Waals surface area contributed by atoms with Crippen molar-refractivity contribution < 1.29 is 24.2 Å². The van der Waals surface area contributed by atoms with Gasteiger partial charge >= 0.3 is 0 Å². The molecule has 1 unspecified atom stereocenters. The Labute approximate surface area is 234 Å². The highest BCUT2D eigenvalue weighted by Crippen LogP contribution is 2.43. The Kier molecular flexibility index (Phi) is 7.43. The molecule has 1 atom stereocenters. The Hall–Kier alpha value is -4.84. The molecule has 5 rings (SSSR count). The van der Waals surface area contributed by atoms with Crippen LogP contribution in [0.15, 0.2) is 103 Å². The molecule has 0 aliphatic carbocycles. The molecule has 6 heteroatoms. The summed E-state index contributed by atoms with van der Waals surface area (Å²) < 4.78 is 11.7. The van der Waals surface area contributed by atoms with E-state index in [4.69, 9.17) is 9.47 Å². The van der Waals surface area contributed by atoms with Crippen LogP contribution in [0, 0.1) is 13.8 Å². The van der Waals surface area contributed by atoms with E-state index in [0.717, 1.165) is 16.7 Å². The van der Waals surface area contributed by atoms with Crippen molar-refractivity contribution >= 4 is 23.1 Å². The lowest BCUT2D eigenvalue weighted by molar-refractivity contribution is -0.132. The fourth-order valence-corrected chi connectivity index (χ4v) is 4.89. The van der Waals surface area contributed by atoms with E-state index < -0.39 is 17.7 Å². The number of aliphatic hydroxyl groups excluding tert-OH is 1. The van der Waals surface area contributed by atoms with Crippen LogP contribution >= 0.6 is 0 Å². The van der Waals surface area contributed by atoms with E-state index in [9.17, 15) is 14.7 Å². The van der Waals surface area contributed by atoms with Crippen LogP contribution in [0.4, 0.5) is 5.69 Å². The maximum absolute atomic E-state index is 13.5. The molecule has 1 saturated heterocycles. The van der Waals surface area contributed by atoms with Crippen molar-refractivity contribution in [2.24, 2.45) is 0 Å². The highest BCUT2D eigenvalue weighted by molar-refractivity contribution is 6.51. The van der Waals surface area contributed by atoms with Crippen LogP contribution in [-0.2, 0) is 9.59 Å². The average Bonchev–Trinajstić information content (AvgIpc) is 3.20. The number of Topliss-reactive ketones (excluding diaryl/α,β-unsaturated/α-hetero) is 1. The summed E-state index contributed by atoms with van der Waals surface area (Å²) in [4.78, 5) is 28.5. The standard InChI is InChI=1S/C34H31NO5/c1-21(2)39-29-18-13-25(20-23(29)4)32(36)30-31(24-10-8-9-22(3)19-24)35(34(38)33(30)37)26-14-16-28(17-15-26)40-27-11-6-5-7-12-27/h5-21,31,36H,1-4H3/b32-30-. The summed E-state index contributed by atoms with van der Waals surface area (Å²) in [6.07, 6.45) is -0.00530. The Morgan fingerprint density at radius 3 is 2.17 bits per heavy atom. The molecule has 40 heavy (non-hydrogen) atoms. The number of hydrogen-bond acceptors (Lipinski definition) is 5. The third-order valence-electron chi connectivity index (χ3n) is 6.71. The molecule has 1 amide bonds. The number of carbonyl (C=O) groups is 2. The zero-order valence-corrected chi connectivity index (χ0v) is 22.9. The van der Waals surface area contributed by atoms with Crippen molar-refractivity contribution in [3.05, 3.63) is 125 Å². The number of rotatable bonds is 7. The molecule has 1 aliphatic heterocycles. The van der Waals surface area contributed by atoms with E-state index in [1.165, 1.54) is 4.90 Å². The Morgan fingerprint density at radius 1 is 0.825 bits per heavy atom. The maximum Gasteiger partial charge on any atom is 0.300 e. The van der Waals surface area contributed by atoms with Crippen LogP contribution in [0.3, 0.4) is 0 Å². The summed E-state index contributed by atoms with van der Waals surface area (Å²) in [6.45, 7) is 7.71. The quantitative estimate of drug-likeness (QED) is 0.151. The normalized spacial score (nSPS) is 16.4. The highest BCUT2D eigenvalue weighted by atomic mass is 16.5. The summed E-state index contributed by atoms with van der Waals surface area (Å²) in [6, 6.07) is 28.4. The number of aliphatic hydroxyl groups is 1. The molecular formula is C34H31NO5. The first-order chi connectivity index (χ1) is 19.2. The smallest absolute Gasteiger partial charge is 0.300 e. The van der Waals surface area contributed by atoms with Gasteiger partial charge in [-0.05, 0) is 93.4 Å². The fraction of sp³-hybridized carbons (Fsp3) is 0.176. The minimum absolute atomic E-state index is 0.00530. The van der Waals surface area contributed by atoms with Crippen molar-refractivity contribution in [3.8, 4) is 17.2 Å². The molecule has 202 valence electrons. The van der Waals surface area contributed by atoms with Gasteiger partial charge in [0.2, 0.25) is 0 Å². The molecule has 0 aromatic heterocycles. The second-order valence-electron chi connectivity index (χ2n) is 10.1. The molecule has 1 N–H and O–H groups in total. The van der Waals surface area contributed by atoms with Gasteiger partial charge in [0.15, 0.2) is 0 Å². The average molecular weight is 534 g/mol. The van der Waals surface area contributed by atoms with Crippen LogP contribution < -0.4 is 14.4 Å². The predicted octanol–water partition coefficient (Wildman–Crippen LogP) is 7.51. The largest absolute Gasteiger partial charge is 0.507 e. The molecule has 0 radical (unpaired) electrons. The molecule has 0 spiro atoms. The third kappa shape index (κ3) is 5.34. The number of nitrogens with zero attached hydrogens (tertiary/aromatic N) is 1. The lowest BCUT2D eigenvalue weighted by Gasteiger charge is -2.26. The summed E-state index contributed by atoms with van der Waals surface area (Å²) in [5, 5.41) is 11.5. The van der Waals surface area contributed by atoms with E-state index in [1.807, 2.05) is 82.3 Å². The Balaban J connectivity index is 1.58. The van der Waals surface area contributed by atoms with E-state index in [2.05, 4.69) is 0 Å². The lowest BCUT2D eigenvalue weighted by Crippen LogP contribution is -2.29. The Morgan fingerprint density at radius 2 is 1.52 bits per heavy atom. The van der Waals surface area contributed by atoms with E-state index in [-0.39, 0.29) is 17.4 Å². The van der Waals surface area contributed by atoms with Crippen LogP contribution in [0.1, 0.15) is 42.1 Å². The third-order valence-corrected chi connectivity index (χ3v) is 6.71. The molecule has 6 nitrogen and oxygen atoms in total. The van der Waals surface area contributed by atoms with Crippen molar-refractivity contribution in [2.75, 3.05) is 4.90 Å². The monoisotopic (exact) mass is 533 g/mol. The highest BCUT2D eigenvalue weighted by Gasteiger charge is 2.47. The number of para-hydroxylation sites is 1. The maximum atomic E-state index is 13.5. The van der Waals surface area contributed by atoms with E-state index in [0.29, 0.717) is 28.5 Å². The zero-order valence-electron chi connectivity index (χ0n) is 22.9. The molecule has 1 heterocycles. The van der Waals surface area contributed by atoms with Crippen molar-refractivity contribution in [1.82, 2.24) is 0 Å². The zero-order chi connectivity index (χ0) is 28.4. The van der Waals surface area contributed by atoms with Gasteiger partial charge in [0, 0.05) is 11.3 Å². The van der Waals surface area contributed by atoms with Gasteiger partial charge in [-0.25, -0.2) is 0 Å². The number of hydrogen-bond donors (Lipinski definition) is 1. The SMILES string of the molecule is Cc1cccc(C2/C(=C(/O)c3ccc(OC(C)C)c(C)c3)C(=O)C(=O)N2c2ccc(Oc3ccccc3)cc2)c1. The fourth-order valence-electron chi connectivity index (χ4n) is 4.89. The van der Waals surface area contributed by atoms with Gasteiger partial charge < -0.3 is 14.6 Å². The van der Waals surface area contributed by atoms with Gasteiger partial charge in [-0.2, -0.15) is 0 Å². The topological polar surface area (TPSA) is 76.1 Å². The van der Waals surface area contributed by atoms with Crippen LogP contribution in [-0.4, -0.2) is 22.9 Å². The molecule has 4 aromatic carbocycles. The van der Waals surface area contributed by atoms with Gasteiger partial charge in [-0.15, -0.1) is 0 Å². The summed E-state index contributed by atoms with van der Waals surface area (Å²) >= 11 is 0. The predicted molar refractivity (Wildman–Crippen MR) is 156 cm³/mol. The van der Waals surface area contributed by atoms with Crippen molar-refractivity contribution in [1.29, 1.82) is 0 Å². The first kappa shape index (κ1) is 26.8. The molecule has 0 bridgehead atoms. The molecule has 1 fully saturated rings. The summed E-state index contributed by atoms with van der Waals surface area (Å²) in [5.41, 5.74) is 3.51. The second-order valence-corrected chi connectivity index (χ2v) is 10.1. The van der Waals surface area contributed by atoms with Crippen LogP contribution in [0.2, 0.25) is 0 Å². The van der Waals surface area contributed by atoms with Crippen molar-refractivity contribution in [3.63, 3.8) is 0 Å². The molecule has 4 aromatic rings. The number of ketones is 1. The van der Waals surface area contributed by atoms with Crippen LogP contribution in [0.5, 0.6) is 17.2 Å². The minimum Gasteiger partial charge on any atom is -0.507 e. The van der Waals surface area contributed by atoms with E-state index >= 15 is 0 Å². The second kappa shape index (κ2) is 11.1. The molecular weight excluding hydrogens is 502 g/mol. The number of benzene rings is 4. The molecule has 1 aliphatic rings. The van der Waals surface area contributed by atoms with Crippen molar-refractivity contribution in [2.45, 2.75) is 39.8 Å². The molecule has 0 saturated carbocycles. The number of anilines is 1. The number of aryl methyl sites for hydroxylation is 2. The van der Waals surface area contributed by atoms with Crippen LogP contribution in [0.25, 0.3) is 5.76 Å². The lowest BCUT2D eigenvalue weighted by atomic mass is 9.94. The summed E-state index contributed by atoms with van der Waals surface area (Å²) in [5.74, 6) is 0.305. The van der Waals surface area contributed by atoms with Gasteiger partial charge in [-0.3, -0.25) is 14.5 Å². The van der Waals surface area contributed by atoms with Gasteiger partial charge in [0.05, 0.1) is 17.7 Å². The number of ether oxygens (including phenoxy) is 2.